The van der Waals surface area contributed by atoms with Crippen molar-refractivity contribution >= 4 is 29.9 Å². The van der Waals surface area contributed by atoms with E-state index in [9.17, 15) is 9.18 Å². The zero-order chi connectivity index (χ0) is 15.5. The van der Waals surface area contributed by atoms with Crippen LogP contribution in [0.3, 0.4) is 0 Å². The summed E-state index contributed by atoms with van der Waals surface area (Å²) in [5.74, 6) is -0.299. The molecule has 23 heavy (non-hydrogen) atoms. The molecule has 1 aromatic rings. The van der Waals surface area contributed by atoms with E-state index < -0.39 is 0 Å². The number of nitrogens with zero attached hydrogens (tertiary/aromatic N) is 2. The van der Waals surface area contributed by atoms with Crippen LogP contribution in [0.5, 0.6) is 0 Å². The Labute approximate surface area is 147 Å². The first-order valence-electron chi connectivity index (χ1n) is 7.80. The van der Waals surface area contributed by atoms with Crippen LogP contribution in [0.2, 0.25) is 5.02 Å². The van der Waals surface area contributed by atoms with Gasteiger partial charge in [-0.3, -0.25) is 9.69 Å². The first-order chi connectivity index (χ1) is 10.6. The second kappa shape index (κ2) is 8.29. The number of carbonyl (C=O) groups is 1. The number of benzene rings is 1. The van der Waals surface area contributed by atoms with Gasteiger partial charge in [-0.25, -0.2) is 4.39 Å². The Kier molecular flexibility index (Phi) is 6.65. The van der Waals surface area contributed by atoms with Crippen molar-refractivity contribution in [1.82, 2.24) is 15.1 Å². The lowest BCUT2D eigenvalue weighted by molar-refractivity contribution is -0.129. The van der Waals surface area contributed by atoms with E-state index in [0.717, 1.165) is 45.7 Å². The van der Waals surface area contributed by atoms with Crippen LogP contribution in [0.25, 0.3) is 0 Å². The molecule has 2 aliphatic rings. The Morgan fingerprint density at radius 3 is 2.74 bits per heavy atom. The molecule has 3 rings (SSSR count). The number of likely N-dealkylation sites (tertiary alicyclic amines) is 1. The Balaban J connectivity index is 0.00000192. The van der Waals surface area contributed by atoms with Gasteiger partial charge in [-0.05, 0) is 24.1 Å². The van der Waals surface area contributed by atoms with Crippen molar-refractivity contribution in [2.45, 2.75) is 18.9 Å². The van der Waals surface area contributed by atoms with Gasteiger partial charge in [0.1, 0.15) is 5.82 Å². The van der Waals surface area contributed by atoms with Crippen LogP contribution in [0.1, 0.15) is 12.0 Å². The van der Waals surface area contributed by atoms with E-state index in [-0.39, 0.29) is 30.6 Å². The first-order valence-corrected chi connectivity index (χ1v) is 8.18. The summed E-state index contributed by atoms with van der Waals surface area (Å²) in [7, 11) is 0. The van der Waals surface area contributed by atoms with E-state index in [1.165, 1.54) is 12.1 Å². The molecule has 1 aromatic carbocycles. The topological polar surface area (TPSA) is 35.6 Å². The lowest BCUT2D eigenvalue weighted by Crippen LogP contribution is -2.49. The van der Waals surface area contributed by atoms with Crippen LogP contribution in [0, 0.1) is 5.82 Å². The van der Waals surface area contributed by atoms with Crippen molar-refractivity contribution in [2.24, 2.45) is 0 Å². The van der Waals surface area contributed by atoms with E-state index >= 15 is 0 Å². The van der Waals surface area contributed by atoms with Crippen LogP contribution in [0.15, 0.2) is 18.2 Å². The Hall–Kier alpha value is -0.880. The molecule has 1 amide bonds. The molecule has 0 spiro atoms. The molecule has 1 unspecified atom stereocenters. The number of hydrogen-bond acceptors (Lipinski definition) is 3. The fourth-order valence-electron chi connectivity index (χ4n) is 3.25. The molecule has 2 fully saturated rings. The van der Waals surface area contributed by atoms with E-state index in [1.807, 2.05) is 4.90 Å². The number of carbonyl (C=O) groups excluding carboxylic acids is 1. The molecule has 0 bridgehead atoms. The summed E-state index contributed by atoms with van der Waals surface area (Å²) in [6.45, 7) is 5.74. The molecule has 128 valence electrons. The summed E-state index contributed by atoms with van der Waals surface area (Å²) in [6, 6.07) is 4.67. The zero-order valence-corrected chi connectivity index (χ0v) is 14.5. The molecule has 1 N–H and O–H groups in total. The normalized spacial score (nSPS) is 22.0. The van der Waals surface area contributed by atoms with Gasteiger partial charge in [-0.15, -0.1) is 12.4 Å². The maximum absolute atomic E-state index is 13.1. The standard InChI is InChI=1S/C16H21ClFN3O.ClH/c17-15-10-13(18)2-1-12(15)9-16(22)21-6-3-14(11-21)20-7-4-19-5-8-20;/h1-2,10,14,19H,3-9,11H2;1H. The zero-order valence-electron chi connectivity index (χ0n) is 12.9. The highest BCUT2D eigenvalue weighted by Gasteiger charge is 2.30. The van der Waals surface area contributed by atoms with Gasteiger partial charge in [0.25, 0.3) is 0 Å². The van der Waals surface area contributed by atoms with Crippen molar-refractivity contribution in [1.29, 1.82) is 0 Å². The summed E-state index contributed by atoms with van der Waals surface area (Å²) < 4.78 is 13.1. The van der Waals surface area contributed by atoms with Crippen LogP contribution in [-0.4, -0.2) is 61.0 Å². The molecule has 2 heterocycles. The maximum Gasteiger partial charge on any atom is 0.227 e. The summed E-state index contributed by atoms with van der Waals surface area (Å²) >= 11 is 6.00. The fourth-order valence-corrected chi connectivity index (χ4v) is 3.49. The average molecular weight is 362 g/mol. The van der Waals surface area contributed by atoms with Gasteiger partial charge in [0, 0.05) is 50.3 Å². The van der Waals surface area contributed by atoms with Crippen LogP contribution in [-0.2, 0) is 11.2 Å². The second-order valence-corrected chi connectivity index (χ2v) is 6.39. The Morgan fingerprint density at radius 1 is 1.30 bits per heavy atom. The molecule has 0 saturated carbocycles. The van der Waals surface area contributed by atoms with Gasteiger partial charge < -0.3 is 10.2 Å². The van der Waals surface area contributed by atoms with Crippen LogP contribution >= 0.6 is 24.0 Å². The van der Waals surface area contributed by atoms with Crippen molar-refractivity contribution in [3.05, 3.63) is 34.6 Å². The SMILES string of the molecule is Cl.O=C(Cc1ccc(F)cc1Cl)N1CCC(N2CCNCC2)C1. The third-order valence-electron chi connectivity index (χ3n) is 4.54. The fraction of sp³-hybridized carbons (Fsp3) is 0.562. The highest BCUT2D eigenvalue weighted by Crippen LogP contribution is 2.21. The van der Waals surface area contributed by atoms with Crippen molar-refractivity contribution in [3.8, 4) is 0 Å². The first kappa shape index (κ1) is 18.5. The molecule has 1 atom stereocenters. The number of amides is 1. The van der Waals surface area contributed by atoms with Crippen molar-refractivity contribution < 1.29 is 9.18 Å². The van der Waals surface area contributed by atoms with E-state index in [2.05, 4.69) is 10.2 Å². The van der Waals surface area contributed by atoms with Gasteiger partial charge in [-0.2, -0.15) is 0 Å². The number of hydrogen-bond donors (Lipinski definition) is 1. The molecule has 0 aromatic heterocycles. The molecule has 2 saturated heterocycles. The lowest BCUT2D eigenvalue weighted by Gasteiger charge is -2.32. The highest BCUT2D eigenvalue weighted by molar-refractivity contribution is 6.31. The molecule has 0 aliphatic carbocycles. The number of nitrogens with one attached hydrogen (secondary N) is 1. The smallest absolute Gasteiger partial charge is 0.227 e. The van der Waals surface area contributed by atoms with E-state index in [0.29, 0.717) is 16.6 Å². The Bertz CT molecular complexity index is 552. The second-order valence-electron chi connectivity index (χ2n) is 5.98. The number of rotatable bonds is 3. The molecule has 4 nitrogen and oxygen atoms in total. The van der Waals surface area contributed by atoms with Gasteiger partial charge in [0.15, 0.2) is 0 Å². The summed E-state index contributed by atoms with van der Waals surface area (Å²) in [5.41, 5.74) is 0.693. The van der Waals surface area contributed by atoms with Crippen LogP contribution < -0.4 is 5.32 Å². The van der Waals surface area contributed by atoms with Crippen LogP contribution in [0.4, 0.5) is 4.39 Å². The third kappa shape index (κ3) is 4.57. The maximum atomic E-state index is 13.1. The minimum atomic E-state index is -0.374. The van der Waals surface area contributed by atoms with Crippen molar-refractivity contribution in [3.63, 3.8) is 0 Å². The number of piperazine rings is 1. The summed E-state index contributed by atoms with van der Waals surface area (Å²) in [4.78, 5) is 16.8. The quantitative estimate of drug-likeness (QED) is 0.893. The molecular weight excluding hydrogens is 340 g/mol. The van der Waals surface area contributed by atoms with E-state index in [1.54, 1.807) is 6.07 Å². The predicted octanol–water partition coefficient (Wildman–Crippen LogP) is 1.95. The molecule has 7 heteroatoms. The van der Waals surface area contributed by atoms with E-state index in [4.69, 9.17) is 11.6 Å². The third-order valence-corrected chi connectivity index (χ3v) is 4.89. The van der Waals surface area contributed by atoms with Crippen molar-refractivity contribution in [2.75, 3.05) is 39.3 Å². The minimum Gasteiger partial charge on any atom is -0.341 e. The van der Waals surface area contributed by atoms with Gasteiger partial charge in [0.05, 0.1) is 6.42 Å². The number of halogens is 3. The molecule has 0 radical (unpaired) electrons. The Morgan fingerprint density at radius 2 is 2.04 bits per heavy atom. The largest absolute Gasteiger partial charge is 0.341 e. The lowest BCUT2D eigenvalue weighted by atomic mass is 10.1. The molecule has 2 aliphatic heterocycles. The van der Waals surface area contributed by atoms with Gasteiger partial charge in [-0.1, -0.05) is 17.7 Å². The summed E-state index contributed by atoms with van der Waals surface area (Å²) in [6.07, 6.45) is 1.27. The average Bonchev–Trinajstić information content (AvgIpc) is 3.01. The van der Waals surface area contributed by atoms with Gasteiger partial charge >= 0.3 is 0 Å². The molecular formula is C16H22Cl2FN3O. The summed E-state index contributed by atoms with van der Waals surface area (Å²) in [5, 5.41) is 3.67. The monoisotopic (exact) mass is 361 g/mol. The van der Waals surface area contributed by atoms with Gasteiger partial charge in [0.2, 0.25) is 5.91 Å². The highest BCUT2D eigenvalue weighted by atomic mass is 35.5. The minimum absolute atomic E-state index is 0. The predicted molar refractivity (Wildman–Crippen MR) is 91.8 cm³/mol.